The summed E-state index contributed by atoms with van der Waals surface area (Å²) in [6, 6.07) is 4.44. The van der Waals surface area contributed by atoms with Gasteiger partial charge in [0.25, 0.3) is 0 Å². The lowest BCUT2D eigenvalue weighted by Crippen LogP contribution is -2.46. The lowest BCUT2D eigenvalue weighted by atomic mass is 10.1. The summed E-state index contributed by atoms with van der Waals surface area (Å²) in [6.45, 7) is 5.94. The Balaban J connectivity index is 1.76. The van der Waals surface area contributed by atoms with E-state index in [9.17, 15) is 0 Å². The molecule has 0 aliphatic carbocycles. The summed E-state index contributed by atoms with van der Waals surface area (Å²) in [7, 11) is 2.14. The Labute approximate surface area is 103 Å². The Morgan fingerprint density at radius 3 is 3.12 bits per heavy atom. The maximum absolute atomic E-state index is 5.71. The normalized spacial score (nSPS) is 22.9. The largest absolute Gasteiger partial charge is 0.469 e. The summed E-state index contributed by atoms with van der Waals surface area (Å²) >= 11 is 0. The number of nitrogens with one attached hydrogen (secondary N) is 1. The van der Waals surface area contributed by atoms with Gasteiger partial charge in [-0.1, -0.05) is 0 Å². The second-order valence-electron chi connectivity index (χ2n) is 4.77. The average Bonchev–Trinajstić information content (AvgIpc) is 2.83. The van der Waals surface area contributed by atoms with E-state index in [0.717, 1.165) is 38.4 Å². The molecular formula is C13H22N2O2. The molecule has 4 heteroatoms. The molecule has 2 atom stereocenters. The van der Waals surface area contributed by atoms with E-state index in [-0.39, 0.29) is 0 Å². The standard InChI is InChI=1S/C13H22N2O2/c1-11(8-12-4-3-6-16-12)15(2)10-13-9-14-5-7-17-13/h3-4,6,11,13-14H,5,7-10H2,1-2H3. The van der Waals surface area contributed by atoms with Gasteiger partial charge >= 0.3 is 0 Å². The zero-order valence-electron chi connectivity index (χ0n) is 10.7. The molecule has 0 amide bonds. The van der Waals surface area contributed by atoms with Gasteiger partial charge < -0.3 is 19.4 Å². The van der Waals surface area contributed by atoms with Gasteiger partial charge in [-0.05, 0) is 26.1 Å². The second kappa shape index (κ2) is 6.19. The molecule has 0 saturated carbocycles. The van der Waals surface area contributed by atoms with Gasteiger partial charge in [-0.2, -0.15) is 0 Å². The van der Waals surface area contributed by atoms with Crippen molar-refractivity contribution in [1.29, 1.82) is 0 Å². The van der Waals surface area contributed by atoms with Crippen LogP contribution in [0.2, 0.25) is 0 Å². The zero-order chi connectivity index (χ0) is 12.1. The third kappa shape index (κ3) is 3.84. The summed E-state index contributed by atoms with van der Waals surface area (Å²) in [6.07, 6.45) is 2.99. The van der Waals surface area contributed by atoms with E-state index in [1.807, 2.05) is 12.1 Å². The van der Waals surface area contributed by atoms with Crippen LogP contribution in [0.5, 0.6) is 0 Å². The van der Waals surface area contributed by atoms with Gasteiger partial charge in [0.2, 0.25) is 0 Å². The molecular weight excluding hydrogens is 216 g/mol. The Morgan fingerprint density at radius 1 is 1.59 bits per heavy atom. The molecule has 96 valence electrons. The summed E-state index contributed by atoms with van der Waals surface area (Å²) in [5, 5.41) is 3.35. The van der Waals surface area contributed by atoms with Crippen molar-refractivity contribution in [2.75, 3.05) is 33.3 Å². The smallest absolute Gasteiger partial charge is 0.105 e. The van der Waals surface area contributed by atoms with E-state index in [2.05, 4.69) is 24.2 Å². The molecule has 1 aliphatic rings. The maximum atomic E-state index is 5.71. The molecule has 17 heavy (non-hydrogen) atoms. The van der Waals surface area contributed by atoms with E-state index in [1.54, 1.807) is 6.26 Å². The van der Waals surface area contributed by atoms with Gasteiger partial charge in [0.05, 0.1) is 19.0 Å². The Morgan fingerprint density at radius 2 is 2.47 bits per heavy atom. The van der Waals surface area contributed by atoms with E-state index in [0.29, 0.717) is 12.1 Å². The lowest BCUT2D eigenvalue weighted by molar-refractivity contribution is 0.00383. The molecule has 2 heterocycles. The first-order valence-corrected chi connectivity index (χ1v) is 6.30. The number of morpholine rings is 1. The molecule has 1 aromatic heterocycles. The number of nitrogens with zero attached hydrogens (tertiary/aromatic N) is 1. The molecule has 0 bridgehead atoms. The highest BCUT2D eigenvalue weighted by molar-refractivity contribution is 5.00. The second-order valence-corrected chi connectivity index (χ2v) is 4.77. The van der Waals surface area contributed by atoms with Gasteiger partial charge in [-0.15, -0.1) is 0 Å². The van der Waals surface area contributed by atoms with Crippen molar-refractivity contribution in [2.24, 2.45) is 0 Å². The lowest BCUT2D eigenvalue weighted by Gasteiger charge is -2.31. The minimum atomic E-state index is 0.313. The number of hydrogen-bond donors (Lipinski definition) is 1. The van der Waals surface area contributed by atoms with Crippen molar-refractivity contribution < 1.29 is 9.15 Å². The number of furan rings is 1. The first-order valence-electron chi connectivity index (χ1n) is 6.30. The molecule has 4 nitrogen and oxygen atoms in total. The number of hydrogen-bond acceptors (Lipinski definition) is 4. The number of likely N-dealkylation sites (N-methyl/N-ethyl adjacent to an activating group) is 1. The van der Waals surface area contributed by atoms with Crippen molar-refractivity contribution in [1.82, 2.24) is 10.2 Å². The van der Waals surface area contributed by atoms with Crippen LogP contribution < -0.4 is 5.32 Å². The van der Waals surface area contributed by atoms with Crippen LogP contribution in [0, 0.1) is 0 Å². The molecule has 0 radical (unpaired) electrons. The molecule has 2 rings (SSSR count). The molecule has 0 spiro atoms. The minimum Gasteiger partial charge on any atom is -0.469 e. The molecule has 1 N–H and O–H groups in total. The molecule has 1 aliphatic heterocycles. The monoisotopic (exact) mass is 238 g/mol. The Kier molecular flexibility index (Phi) is 4.59. The number of rotatable bonds is 5. The summed E-state index contributed by atoms with van der Waals surface area (Å²) < 4.78 is 11.1. The highest BCUT2D eigenvalue weighted by Crippen LogP contribution is 2.09. The fourth-order valence-electron chi connectivity index (χ4n) is 2.11. The van der Waals surface area contributed by atoms with Crippen LogP contribution in [-0.2, 0) is 11.2 Å². The van der Waals surface area contributed by atoms with Gasteiger partial charge in [0.15, 0.2) is 0 Å². The molecule has 2 unspecified atom stereocenters. The van der Waals surface area contributed by atoms with Gasteiger partial charge in [-0.3, -0.25) is 0 Å². The van der Waals surface area contributed by atoms with Gasteiger partial charge in [-0.25, -0.2) is 0 Å². The van der Waals surface area contributed by atoms with Crippen LogP contribution >= 0.6 is 0 Å². The van der Waals surface area contributed by atoms with Crippen LogP contribution in [0.25, 0.3) is 0 Å². The van der Waals surface area contributed by atoms with E-state index in [1.165, 1.54) is 0 Å². The quantitative estimate of drug-likeness (QED) is 0.834. The predicted octanol–water partition coefficient (Wildman–Crippen LogP) is 1.13. The van der Waals surface area contributed by atoms with Gasteiger partial charge in [0, 0.05) is 32.1 Å². The van der Waals surface area contributed by atoms with Crippen LogP contribution in [0.4, 0.5) is 0 Å². The molecule has 1 aromatic rings. The third-order valence-corrected chi connectivity index (χ3v) is 3.33. The highest BCUT2D eigenvalue weighted by Gasteiger charge is 2.19. The minimum absolute atomic E-state index is 0.313. The summed E-state index contributed by atoms with van der Waals surface area (Å²) in [5.41, 5.74) is 0. The summed E-state index contributed by atoms with van der Waals surface area (Å²) in [5.74, 6) is 1.05. The van der Waals surface area contributed by atoms with E-state index >= 15 is 0 Å². The fraction of sp³-hybridized carbons (Fsp3) is 0.692. The van der Waals surface area contributed by atoms with Crippen molar-refractivity contribution >= 4 is 0 Å². The summed E-state index contributed by atoms with van der Waals surface area (Å²) in [4.78, 5) is 2.33. The molecule has 1 fully saturated rings. The van der Waals surface area contributed by atoms with Gasteiger partial charge in [0.1, 0.15) is 5.76 Å². The van der Waals surface area contributed by atoms with Crippen molar-refractivity contribution in [3.63, 3.8) is 0 Å². The third-order valence-electron chi connectivity index (χ3n) is 3.33. The number of ether oxygens (including phenoxy) is 1. The fourth-order valence-corrected chi connectivity index (χ4v) is 2.11. The molecule has 1 saturated heterocycles. The predicted molar refractivity (Wildman–Crippen MR) is 67.1 cm³/mol. The van der Waals surface area contributed by atoms with Crippen LogP contribution in [0.1, 0.15) is 12.7 Å². The molecule has 0 aromatic carbocycles. The SMILES string of the molecule is CC(Cc1ccco1)N(C)CC1CNCCO1. The van der Waals surface area contributed by atoms with Crippen LogP contribution in [-0.4, -0.2) is 50.3 Å². The van der Waals surface area contributed by atoms with Crippen molar-refractivity contribution in [3.8, 4) is 0 Å². The van der Waals surface area contributed by atoms with Crippen LogP contribution in [0.15, 0.2) is 22.8 Å². The van der Waals surface area contributed by atoms with Crippen molar-refractivity contribution in [3.05, 3.63) is 24.2 Å². The van der Waals surface area contributed by atoms with E-state index < -0.39 is 0 Å². The highest BCUT2D eigenvalue weighted by atomic mass is 16.5. The topological polar surface area (TPSA) is 37.6 Å². The first kappa shape index (κ1) is 12.6. The average molecular weight is 238 g/mol. The Hall–Kier alpha value is -0.840. The Bertz CT molecular complexity index is 307. The zero-order valence-corrected chi connectivity index (χ0v) is 10.7. The maximum Gasteiger partial charge on any atom is 0.105 e. The van der Waals surface area contributed by atoms with Crippen LogP contribution in [0.3, 0.4) is 0 Å². The van der Waals surface area contributed by atoms with E-state index in [4.69, 9.17) is 9.15 Å². The van der Waals surface area contributed by atoms with Crippen molar-refractivity contribution in [2.45, 2.75) is 25.5 Å². The first-order chi connectivity index (χ1) is 8.25.